The number of aromatic nitrogens is 3. The van der Waals surface area contributed by atoms with Gasteiger partial charge < -0.3 is 14.0 Å². The Hall–Kier alpha value is -1.97. The molecule has 9 heteroatoms. The highest BCUT2D eigenvalue weighted by atomic mass is 32.2. The SMILES string of the molecule is COc1cccc(C2CN(S(=O)(=O)c3nncn3C)CCO2)c1. The number of nitrogens with zero attached hydrogens (tertiary/aromatic N) is 4. The molecule has 0 saturated carbocycles. The monoisotopic (exact) mass is 338 g/mol. The van der Waals surface area contributed by atoms with Gasteiger partial charge >= 0.3 is 0 Å². The van der Waals surface area contributed by atoms with Crippen LogP contribution in [0.15, 0.2) is 35.7 Å². The fourth-order valence-electron chi connectivity index (χ4n) is 2.51. The van der Waals surface area contributed by atoms with Gasteiger partial charge in [-0.3, -0.25) is 0 Å². The minimum Gasteiger partial charge on any atom is -0.497 e. The first-order chi connectivity index (χ1) is 11.0. The van der Waals surface area contributed by atoms with Gasteiger partial charge in [-0.1, -0.05) is 12.1 Å². The van der Waals surface area contributed by atoms with Gasteiger partial charge in [0.25, 0.3) is 15.2 Å². The van der Waals surface area contributed by atoms with Crippen molar-refractivity contribution in [3.63, 3.8) is 0 Å². The number of benzene rings is 1. The van der Waals surface area contributed by atoms with E-state index in [4.69, 9.17) is 9.47 Å². The molecule has 3 rings (SSSR count). The number of morpholine rings is 1. The minimum absolute atomic E-state index is 0.0659. The molecule has 1 aromatic heterocycles. The zero-order valence-corrected chi connectivity index (χ0v) is 13.7. The van der Waals surface area contributed by atoms with E-state index < -0.39 is 10.0 Å². The highest BCUT2D eigenvalue weighted by molar-refractivity contribution is 7.89. The standard InChI is InChI=1S/C14H18N4O4S/c1-17-10-15-16-14(17)23(19,20)18-6-7-22-13(9-18)11-4-3-5-12(8-11)21-2/h3-5,8,10,13H,6-7,9H2,1-2H3. The van der Waals surface area contributed by atoms with Crippen molar-refractivity contribution in [1.82, 2.24) is 19.1 Å². The van der Waals surface area contributed by atoms with Crippen molar-refractivity contribution < 1.29 is 17.9 Å². The quantitative estimate of drug-likeness (QED) is 0.811. The van der Waals surface area contributed by atoms with E-state index in [1.807, 2.05) is 24.3 Å². The fourth-order valence-corrected chi connectivity index (χ4v) is 3.95. The molecule has 0 aliphatic carbocycles. The highest BCUT2D eigenvalue weighted by Gasteiger charge is 2.34. The zero-order valence-electron chi connectivity index (χ0n) is 12.9. The second-order valence-electron chi connectivity index (χ2n) is 5.22. The first-order valence-corrected chi connectivity index (χ1v) is 8.56. The van der Waals surface area contributed by atoms with E-state index in [0.29, 0.717) is 12.4 Å². The molecule has 1 saturated heterocycles. The van der Waals surface area contributed by atoms with Gasteiger partial charge in [-0.15, -0.1) is 10.2 Å². The third kappa shape index (κ3) is 3.07. The largest absolute Gasteiger partial charge is 0.497 e. The Balaban J connectivity index is 1.85. The van der Waals surface area contributed by atoms with Crippen LogP contribution in [0.25, 0.3) is 0 Å². The van der Waals surface area contributed by atoms with Crippen molar-refractivity contribution in [2.45, 2.75) is 11.3 Å². The van der Waals surface area contributed by atoms with E-state index in [-0.39, 0.29) is 24.3 Å². The summed E-state index contributed by atoms with van der Waals surface area (Å²) in [5.41, 5.74) is 0.877. The molecule has 1 aliphatic heterocycles. The van der Waals surface area contributed by atoms with Crippen LogP contribution in [0.1, 0.15) is 11.7 Å². The summed E-state index contributed by atoms with van der Waals surface area (Å²) in [6, 6.07) is 7.43. The topological polar surface area (TPSA) is 86.5 Å². The van der Waals surface area contributed by atoms with Gasteiger partial charge in [0, 0.05) is 20.1 Å². The van der Waals surface area contributed by atoms with E-state index in [2.05, 4.69) is 10.2 Å². The number of rotatable bonds is 4. The van der Waals surface area contributed by atoms with E-state index >= 15 is 0 Å². The number of aryl methyl sites for hydroxylation is 1. The summed E-state index contributed by atoms with van der Waals surface area (Å²) in [6.07, 6.45) is 1.02. The molecule has 2 aromatic rings. The van der Waals surface area contributed by atoms with Crippen LogP contribution in [0.5, 0.6) is 5.75 Å². The normalized spacial score (nSPS) is 19.7. The third-order valence-corrected chi connectivity index (χ3v) is 5.58. The summed E-state index contributed by atoms with van der Waals surface area (Å²) in [6.45, 7) is 0.830. The summed E-state index contributed by atoms with van der Waals surface area (Å²) < 4.78 is 39.1. The molecule has 0 spiro atoms. The molecule has 1 aromatic carbocycles. The molecule has 0 amide bonds. The lowest BCUT2D eigenvalue weighted by atomic mass is 10.1. The molecule has 124 valence electrons. The van der Waals surface area contributed by atoms with E-state index in [1.165, 1.54) is 15.2 Å². The van der Waals surface area contributed by atoms with Gasteiger partial charge in [-0.25, -0.2) is 8.42 Å². The van der Waals surface area contributed by atoms with Crippen LogP contribution in [0.2, 0.25) is 0 Å². The highest BCUT2D eigenvalue weighted by Crippen LogP contribution is 2.27. The molecule has 8 nitrogen and oxygen atoms in total. The number of hydrogen-bond donors (Lipinski definition) is 0. The van der Waals surface area contributed by atoms with Crippen LogP contribution in [0, 0.1) is 0 Å². The Morgan fingerprint density at radius 3 is 2.91 bits per heavy atom. The molecule has 1 aliphatic rings. The van der Waals surface area contributed by atoms with E-state index in [0.717, 1.165) is 5.56 Å². The second-order valence-corrected chi connectivity index (χ2v) is 7.06. The predicted molar refractivity (Wildman–Crippen MR) is 81.4 cm³/mol. The predicted octanol–water partition coefficient (Wildman–Crippen LogP) is 0.586. The molecular weight excluding hydrogens is 320 g/mol. The summed E-state index contributed by atoms with van der Waals surface area (Å²) in [4.78, 5) is 0. The molecule has 0 bridgehead atoms. The van der Waals surface area contributed by atoms with Gasteiger partial charge in [0.1, 0.15) is 12.1 Å². The first kappa shape index (κ1) is 15.9. The molecule has 2 heterocycles. The lowest BCUT2D eigenvalue weighted by molar-refractivity contribution is -0.00284. The van der Waals surface area contributed by atoms with Crippen LogP contribution in [-0.4, -0.2) is 54.3 Å². The Labute approximate surface area is 134 Å². The minimum atomic E-state index is -3.69. The average molecular weight is 338 g/mol. The van der Waals surface area contributed by atoms with Crippen LogP contribution in [0.3, 0.4) is 0 Å². The molecule has 1 atom stereocenters. The van der Waals surface area contributed by atoms with Crippen molar-refractivity contribution in [1.29, 1.82) is 0 Å². The number of hydrogen-bond acceptors (Lipinski definition) is 6. The smallest absolute Gasteiger partial charge is 0.278 e. The maximum absolute atomic E-state index is 12.7. The molecular formula is C14H18N4O4S. The van der Waals surface area contributed by atoms with E-state index in [1.54, 1.807) is 14.2 Å². The van der Waals surface area contributed by atoms with Crippen molar-refractivity contribution in [3.8, 4) is 5.75 Å². The lowest BCUT2D eigenvalue weighted by Gasteiger charge is -2.32. The Morgan fingerprint density at radius 1 is 1.39 bits per heavy atom. The number of ether oxygens (including phenoxy) is 2. The number of sulfonamides is 1. The van der Waals surface area contributed by atoms with Crippen molar-refractivity contribution in [2.24, 2.45) is 7.05 Å². The first-order valence-electron chi connectivity index (χ1n) is 7.12. The molecule has 1 fully saturated rings. The molecule has 0 radical (unpaired) electrons. The molecule has 0 N–H and O–H groups in total. The Kier molecular flexibility index (Phi) is 4.33. The number of methoxy groups -OCH3 is 1. The maximum Gasteiger partial charge on any atom is 0.278 e. The van der Waals surface area contributed by atoms with Crippen LogP contribution in [0.4, 0.5) is 0 Å². The van der Waals surface area contributed by atoms with Gasteiger partial charge in [0.2, 0.25) is 0 Å². The van der Waals surface area contributed by atoms with Crippen molar-refractivity contribution >= 4 is 10.0 Å². The second kappa shape index (κ2) is 6.26. The summed E-state index contributed by atoms with van der Waals surface area (Å²) >= 11 is 0. The molecule has 1 unspecified atom stereocenters. The van der Waals surface area contributed by atoms with E-state index in [9.17, 15) is 8.42 Å². The van der Waals surface area contributed by atoms with Crippen LogP contribution >= 0.6 is 0 Å². The fraction of sp³-hybridized carbons (Fsp3) is 0.429. The Bertz CT molecular complexity index is 790. The van der Waals surface area contributed by atoms with Crippen molar-refractivity contribution in [3.05, 3.63) is 36.2 Å². The summed E-state index contributed by atoms with van der Waals surface area (Å²) in [7, 11) is -0.502. The van der Waals surface area contributed by atoms with Gasteiger partial charge in [0.05, 0.1) is 19.8 Å². The van der Waals surface area contributed by atoms with Crippen molar-refractivity contribution in [2.75, 3.05) is 26.8 Å². The van der Waals surface area contributed by atoms with Crippen LogP contribution in [-0.2, 0) is 21.8 Å². The lowest BCUT2D eigenvalue weighted by Crippen LogP contribution is -2.42. The van der Waals surface area contributed by atoms with Crippen LogP contribution < -0.4 is 4.74 Å². The maximum atomic E-state index is 12.7. The third-order valence-electron chi connectivity index (χ3n) is 3.74. The average Bonchev–Trinajstić information content (AvgIpc) is 3.02. The van der Waals surface area contributed by atoms with Gasteiger partial charge in [0.15, 0.2) is 0 Å². The molecule has 23 heavy (non-hydrogen) atoms. The zero-order chi connectivity index (χ0) is 16.4. The van der Waals surface area contributed by atoms with Gasteiger partial charge in [-0.05, 0) is 17.7 Å². The Morgan fingerprint density at radius 2 is 2.22 bits per heavy atom. The summed E-state index contributed by atoms with van der Waals surface area (Å²) in [5.74, 6) is 0.708. The summed E-state index contributed by atoms with van der Waals surface area (Å²) in [5, 5.41) is 7.29. The van der Waals surface area contributed by atoms with Gasteiger partial charge in [-0.2, -0.15) is 4.31 Å².